The molecule has 2 atom stereocenters. The second kappa shape index (κ2) is 7.66. The molecule has 25 heavy (non-hydrogen) atoms. The molecule has 5 nitrogen and oxygen atoms in total. The number of allylic oxidation sites excluding steroid dienone is 3. The van der Waals surface area contributed by atoms with Gasteiger partial charge in [0.1, 0.15) is 7.14 Å². The molecule has 1 aliphatic heterocycles. The fourth-order valence-electron chi connectivity index (χ4n) is 2.67. The Hall–Kier alpha value is -2.39. The minimum absolute atomic E-state index is 0.0359. The van der Waals surface area contributed by atoms with Gasteiger partial charge in [-0.15, -0.1) is 0 Å². The van der Waals surface area contributed by atoms with Crippen molar-refractivity contribution in [3.63, 3.8) is 0 Å². The van der Waals surface area contributed by atoms with Gasteiger partial charge in [-0.2, -0.15) is 0 Å². The first-order valence-corrected chi connectivity index (χ1v) is 9.90. The van der Waals surface area contributed by atoms with Crippen molar-refractivity contribution in [2.24, 2.45) is 5.41 Å². The average molecular weight is 360 g/mol. The van der Waals surface area contributed by atoms with Crippen LogP contribution in [0.1, 0.15) is 19.8 Å². The summed E-state index contributed by atoms with van der Waals surface area (Å²) in [5, 5.41) is 18.5. The number of benzene rings is 1. The van der Waals surface area contributed by atoms with E-state index in [2.05, 4.69) is 0 Å². The SMILES string of the molecule is CC1(C(=O)O)C=CC=C(C(=O)O)C1.O=P1(c2ccccc2)C=CCC1. The molecule has 2 unspecified atom stereocenters. The van der Waals surface area contributed by atoms with Gasteiger partial charge in [0, 0.05) is 17.0 Å². The molecule has 0 saturated heterocycles. The standard InChI is InChI=1S/C10H11OP.C9H10O4/c11-12(8-4-5-9-12)10-6-2-1-3-7-10;1-9(8(12)13)4-2-3-6(5-9)7(10)11/h1-4,6-8H,5,9H2;2-4H,5H2,1H3,(H,10,11)(H,12,13). The van der Waals surface area contributed by atoms with Gasteiger partial charge in [-0.3, -0.25) is 4.79 Å². The van der Waals surface area contributed by atoms with E-state index >= 15 is 0 Å². The smallest absolute Gasteiger partial charge is 0.331 e. The van der Waals surface area contributed by atoms with Crippen molar-refractivity contribution in [3.8, 4) is 0 Å². The molecule has 1 aromatic carbocycles. The lowest BCUT2D eigenvalue weighted by atomic mass is 9.80. The lowest BCUT2D eigenvalue weighted by molar-refractivity contribution is -0.145. The van der Waals surface area contributed by atoms with Gasteiger partial charge in [0.25, 0.3) is 0 Å². The third-order valence-corrected chi connectivity index (χ3v) is 7.04. The van der Waals surface area contributed by atoms with Gasteiger partial charge in [0.2, 0.25) is 0 Å². The lowest BCUT2D eigenvalue weighted by Gasteiger charge is -2.23. The number of carboxylic acid groups (broad SMARTS) is 2. The molecule has 0 saturated carbocycles. The second-order valence-electron chi connectivity index (χ2n) is 6.28. The number of carbonyl (C=O) groups is 2. The summed E-state index contributed by atoms with van der Waals surface area (Å²) < 4.78 is 12.1. The fraction of sp³-hybridized carbons (Fsp3) is 0.263. The zero-order valence-corrected chi connectivity index (χ0v) is 14.9. The van der Waals surface area contributed by atoms with Crippen molar-refractivity contribution < 1.29 is 24.4 Å². The minimum atomic E-state index is -2.10. The van der Waals surface area contributed by atoms with Crippen LogP contribution in [0.2, 0.25) is 0 Å². The third-order valence-electron chi connectivity index (χ3n) is 4.25. The largest absolute Gasteiger partial charge is 0.481 e. The highest BCUT2D eigenvalue weighted by Crippen LogP contribution is 2.50. The van der Waals surface area contributed by atoms with Gasteiger partial charge in [-0.05, 0) is 25.6 Å². The molecule has 1 aliphatic carbocycles. The van der Waals surface area contributed by atoms with Gasteiger partial charge in [0.15, 0.2) is 0 Å². The Morgan fingerprint density at radius 3 is 2.36 bits per heavy atom. The summed E-state index contributed by atoms with van der Waals surface area (Å²) in [7, 11) is -2.10. The molecule has 0 aromatic heterocycles. The molecular formula is C19H21O5P. The van der Waals surface area contributed by atoms with Crippen LogP contribution in [0.4, 0.5) is 0 Å². The molecule has 6 heteroatoms. The quantitative estimate of drug-likeness (QED) is 0.803. The predicted molar refractivity (Wildman–Crippen MR) is 97.5 cm³/mol. The molecule has 0 fully saturated rings. The summed E-state index contributed by atoms with van der Waals surface area (Å²) in [5.41, 5.74) is -0.949. The highest BCUT2D eigenvalue weighted by atomic mass is 31.2. The van der Waals surface area contributed by atoms with Crippen molar-refractivity contribution in [1.82, 2.24) is 0 Å². The molecule has 0 bridgehead atoms. The normalized spacial score (nSPS) is 27.2. The Labute approximate surface area is 146 Å². The highest BCUT2D eigenvalue weighted by Gasteiger charge is 2.34. The van der Waals surface area contributed by atoms with Gasteiger partial charge >= 0.3 is 11.9 Å². The van der Waals surface area contributed by atoms with E-state index in [0.29, 0.717) is 0 Å². The first kappa shape index (κ1) is 18.9. The number of rotatable bonds is 3. The van der Waals surface area contributed by atoms with Crippen LogP contribution < -0.4 is 5.30 Å². The maximum Gasteiger partial charge on any atom is 0.331 e. The van der Waals surface area contributed by atoms with Gasteiger partial charge in [-0.1, -0.05) is 54.6 Å². The van der Waals surface area contributed by atoms with Crippen LogP contribution in [-0.2, 0) is 14.2 Å². The van der Waals surface area contributed by atoms with E-state index in [9.17, 15) is 14.2 Å². The average Bonchev–Trinajstić information content (AvgIpc) is 3.04. The summed E-state index contributed by atoms with van der Waals surface area (Å²) in [4.78, 5) is 21.3. The van der Waals surface area contributed by atoms with Crippen molar-refractivity contribution >= 4 is 24.4 Å². The Bertz CT molecular complexity index is 791. The zero-order valence-electron chi connectivity index (χ0n) is 14.0. The van der Waals surface area contributed by atoms with E-state index in [4.69, 9.17) is 10.2 Å². The van der Waals surface area contributed by atoms with Crippen LogP contribution in [0.5, 0.6) is 0 Å². The molecule has 0 spiro atoms. The van der Waals surface area contributed by atoms with Crippen LogP contribution in [0, 0.1) is 5.41 Å². The summed E-state index contributed by atoms with van der Waals surface area (Å²) >= 11 is 0. The monoisotopic (exact) mass is 360 g/mol. The van der Waals surface area contributed by atoms with Crippen LogP contribution in [0.3, 0.4) is 0 Å². The first-order chi connectivity index (χ1) is 11.8. The predicted octanol–water partition coefficient (Wildman–Crippen LogP) is 3.64. The van der Waals surface area contributed by atoms with Crippen LogP contribution in [0.15, 0.2) is 66.0 Å². The van der Waals surface area contributed by atoms with Crippen LogP contribution in [-0.4, -0.2) is 28.3 Å². The van der Waals surface area contributed by atoms with Crippen LogP contribution >= 0.6 is 7.14 Å². The molecule has 0 amide bonds. The maximum absolute atomic E-state index is 12.1. The van der Waals surface area contributed by atoms with Crippen molar-refractivity contribution in [1.29, 1.82) is 0 Å². The van der Waals surface area contributed by atoms with E-state index in [1.807, 2.05) is 42.2 Å². The number of hydrogen-bond donors (Lipinski definition) is 2. The van der Waals surface area contributed by atoms with E-state index in [0.717, 1.165) is 17.9 Å². The Balaban J connectivity index is 0.000000181. The second-order valence-corrected chi connectivity index (χ2v) is 9.14. The molecule has 0 radical (unpaired) electrons. The third kappa shape index (κ3) is 4.58. The van der Waals surface area contributed by atoms with E-state index < -0.39 is 24.5 Å². The minimum Gasteiger partial charge on any atom is -0.481 e. The van der Waals surface area contributed by atoms with Gasteiger partial charge < -0.3 is 14.8 Å². The van der Waals surface area contributed by atoms with Gasteiger partial charge in [-0.25, -0.2) is 4.79 Å². The first-order valence-electron chi connectivity index (χ1n) is 7.94. The number of carboxylic acids is 2. The Morgan fingerprint density at radius 1 is 1.16 bits per heavy atom. The summed E-state index contributed by atoms with van der Waals surface area (Å²) in [6, 6.07) is 9.75. The summed E-state index contributed by atoms with van der Waals surface area (Å²) in [6.45, 7) is 1.50. The van der Waals surface area contributed by atoms with Crippen LogP contribution in [0.25, 0.3) is 0 Å². The number of hydrogen-bond acceptors (Lipinski definition) is 3. The molecule has 1 aromatic rings. The summed E-state index contributed by atoms with van der Waals surface area (Å²) in [6.07, 6.45) is 8.24. The van der Waals surface area contributed by atoms with E-state index in [-0.39, 0.29) is 12.0 Å². The fourth-order valence-corrected chi connectivity index (χ4v) is 4.94. The van der Waals surface area contributed by atoms with Crippen molar-refractivity contribution in [2.45, 2.75) is 19.8 Å². The Kier molecular flexibility index (Phi) is 5.81. The molecule has 3 rings (SSSR count). The molecule has 132 valence electrons. The zero-order chi connectivity index (χ0) is 18.5. The summed E-state index contributed by atoms with van der Waals surface area (Å²) in [5.74, 6) is -0.171. The van der Waals surface area contributed by atoms with E-state index in [1.54, 1.807) is 0 Å². The van der Waals surface area contributed by atoms with Crippen molar-refractivity contribution in [2.75, 3.05) is 6.16 Å². The lowest BCUT2D eigenvalue weighted by Crippen LogP contribution is -2.28. The topological polar surface area (TPSA) is 91.7 Å². The number of aliphatic carboxylic acids is 2. The molecular weight excluding hydrogens is 339 g/mol. The molecule has 2 N–H and O–H groups in total. The highest BCUT2D eigenvalue weighted by molar-refractivity contribution is 7.74. The van der Waals surface area contributed by atoms with Gasteiger partial charge in [0.05, 0.1) is 5.41 Å². The maximum atomic E-state index is 12.1. The Morgan fingerprint density at radius 2 is 1.84 bits per heavy atom. The molecule has 1 heterocycles. The van der Waals surface area contributed by atoms with Crippen molar-refractivity contribution in [3.05, 3.63) is 66.0 Å². The molecule has 2 aliphatic rings. The van der Waals surface area contributed by atoms with E-state index in [1.165, 1.54) is 25.2 Å².